The minimum Gasteiger partial charge on any atom is -0.444 e. The Morgan fingerprint density at radius 3 is 2.21 bits per heavy atom. The van der Waals surface area contributed by atoms with Crippen LogP contribution in [0.3, 0.4) is 0 Å². The van der Waals surface area contributed by atoms with Crippen LogP contribution in [0.5, 0.6) is 0 Å². The molecule has 0 spiro atoms. The van der Waals surface area contributed by atoms with Gasteiger partial charge >= 0.3 is 6.09 Å². The summed E-state index contributed by atoms with van der Waals surface area (Å²) in [6.45, 7) is 11.8. The van der Waals surface area contributed by atoms with E-state index >= 15 is 0 Å². The van der Waals surface area contributed by atoms with Crippen molar-refractivity contribution < 1.29 is 14.3 Å². The van der Waals surface area contributed by atoms with Gasteiger partial charge in [0.1, 0.15) is 11.4 Å². The van der Waals surface area contributed by atoms with Gasteiger partial charge in [0.2, 0.25) is 0 Å². The van der Waals surface area contributed by atoms with Crippen LogP contribution in [-0.4, -0.2) is 59.1 Å². The molecule has 1 aliphatic heterocycles. The summed E-state index contributed by atoms with van der Waals surface area (Å²) in [5.74, 6) is 7.00. The first-order chi connectivity index (χ1) is 13.4. The van der Waals surface area contributed by atoms with Gasteiger partial charge in [-0.3, -0.25) is 10.6 Å². The van der Waals surface area contributed by atoms with Crippen molar-refractivity contribution in [1.82, 2.24) is 9.91 Å². The van der Waals surface area contributed by atoms with E-state index in [1.807, 2.05) is 32.7 Å². The molecule has 2 rings (SSSR count). The average molecular weight is 411 g/mol. The highest BCUT2D eigenvalue weighted by Gasteiger charge is 2.39. The van der Waals surface area contributed by atoms with E-state index in [2.05, 4.69) is 6.92 Å². The second kappa shape index (κ2) is 9.75. The van der Waals surface area contributed by atoms with Gasteiger partial charge in [0.15, 0.2) is 0 Å². The summed E-state index contributed by atoms with van der Waals surface area (Å²) < 4.78 is 5.49. The highest BCUT2D eigenvalue weighted by molar-refractivity contribution is 5.80. The number of ketones is 1. The fourth-order valence-electron chi connectivity index (χ4n) is 4.51. The van der Waals surface area contributed by atoms with E-state index < -0.39 is 5.60 Å². The Morgan fingerprint density at radius 1 is 1.17 bits per heavy atom. The van der Waals surface area contributed by atoms with E-state index in [9.17, 15) is 9.59 Å². The van der Waals surface area contributed by atoms with Gasteiger partial charge in [-0.05, 0) is 64.7 Å². The Hall–Kier alpha value is -1.18. The molecule has 1 amide bonds. The first-order valence-corrected chi connectivity index (χ1v) is 11.2. The first-order valence-electron chi connectivity index (χ1n) is 11.2. The first kappa shape index (κ1) is 24.1. The third-order valence-corrected chi connectivity index (χ3v) is 6.83. The van der Waals surface area contributed by atoms with Crippen LogP contribution >= 0.6 is 0 Å². The van der Waals surface area contributed by atoms with Crippen LogP contribution in [0.2, 0.25) is 0 Å². The Bertz CT molecular complexity index is 559. The normalized spacial score (nSPS) is 26.3. The van der Waals surface area contributed by atoms with E-state index in [-0.39, 0.29) is 23.5 Å². The standard InChI is InChI=1S/C22H42N4O3/c1-6-18(27)16-7-9-17(10-8-16)26(24)15-19(23)22(5)11-13-25(14-12-22)20(28)29-21(2,3)4/h16-17,19H,6-15,23-24H2,1-5H3. The number of piperidine rings is 1. The molecule has 0 bridgehead atoms. The number of likely N-dealkylation sites (tertiary alicyclic amines) is 1. The molecular formula is C22H42N4O3. The Labute approximate surface area is 176 Å². The predicted octanol–water partition coefficient (Wildman–Crippen LogP) is 3.06. The molecule has 7 heteroatoms. The minimum atomic E-state index is -0.477. The van der Waals surface area contributed by atoms with Crippen molar-refractivity contribution in [2.24, 2.45) is 22.9 Å². The maximum absolute atomic E-state index is 12.3. The zero-order valence-corrected chi connectivity index (χ0v) is 19.1. The molecule has 0 aromatic heterocycles. The number of Topliss-reactive ketones (excluding diaryl/α,β-unsaturated/α-hetero) is 1. The molecular weight excluding hydrogens is 368 g/mol. The second-order valence-corrected chi connectivity index (χ2v) is 10.3. The van der Waals surface area contributed by atoms with E-state index in [0.29, 0.717) is 37.9 Å². The van der Waals surface area contributed by atoms with Crippen LogP contribution < -0.4 is 11.6 Å². The van der Waals surface area contributed by atoms with Crippen LogP contribution in [0.4, 0.5) is 4.79 Å². The van der Waals surface area contributed by atoms with Crippen molar-refractivity contribution in [2.45, 2.75) is 97.2 Å². The lowest BCUT2D eigenvalue weighted by atomic mass is 9.74. The number of nitrogens with two attached hydrogens (primary N) is 2. The lowest BCUT2D eigenvalue weighted by Crippen LogP contribution is -2.57. The number of amides is 1. The summed E-state index contributed by atoms with van der Waals surface area (Å²) >= 11 is 0. The summed E-state index contributed by atoms with van der Waals surface area (Å²) in [5.41, 5.74) is 6.07. The van der Waals surface area contributed by atoms with Gasteiger partial charge in [-0.25, -0.2) is 9.80 Å². The molecule has 29 heavy (non-hydrogen) atoms. The number of nitrogens with zero attached hydrogens (tertiary/aromatic N) is 2. The van der Waals surface area contributed by atoms with Crippen molar-refractivity contribution in [3.63, 3.8) is 0 Å². The Balaban J connectivity index is 1.81. The molecule has 1 aliphatic carbocycles. The Kier molecular flexibility index (Phi) is 8.10. The maximum atomic E-state index is 12.3. The largest absolute Gasteiger partial charge is 0.444 e. The molecule has 1 saturated carbocycles. The third kappa shape index (κ3) is 6.66. The number of rotatable bonds is 6. The lowest BCUT2D eigenvalue weighted by molar-refractivity contribution is -0.123. The molecule has 2 fully saturated rings. The molecule has 168 valence electrons. The van der Waals surface area contributed by atoms with Gasteiger partial charge in [-0.1, -0.05) is 13.8 Å². The highest BCUT2D eigenvalue weighted by atomic mass is 16.6. The number of ether oxygens (including phenoxy) is 1. The highest BCUT2D eigenvalue weighted by Crippen LogP contribution is 2.35. The number of hydrogen-bond donors (Lipinski definition) is 2. The van der Waals surface area contributed by atoms with Crippen molar-refractivity contribution in [3.8, 4) is 0 Å². The molecule has 1 saturated heterocycles. The van der Waals surface area contributed by atoms with Gasteiger partial charge in [-0.15, -0.1) is 0 Å². The van der Waals surface area contributed by atoms with Crippen molar-refractivity contribution in [2.75, 3.05) is 19.6 Å². The van der Waals surface area contributed by atoms with Crippen molar-refractivity contribution >= 4 is 11.9 Å². The van der Waals surface area contributed by atoms with Crippen molar-refractivity contribution in [3.05, 3.63) is 0 Å². The minimum absolute atomic E-state index is 0.0501. The quantitative estimate of drug-likeness (QED) is 0.515. The molecule has 2 aliphatic rings. The number of hydrogen-bond acceptors (Lipinski definition) is 6. The van der Waals surface area contributed by atoms with Crippen LogP contribution in [-0.2, 0) is 9.53 Å². The number of carbonyl (C=O) groups is 2. The van der Waals surface area contributed by atoms with Crippen LogP contribution in [0.25, 0.3) is 0 Å². The van der Waals surface area contributed by atoms with Crippen LogP contribution in [0.1, 0.15) is 79.6 Å². The summed E-state index contributed by atoms with van der Waals surface area (Å²) in [4.78, 5) is 26.0. The fourth-order valence-corrected chi connectivity index (χ4v) is 4.51. The molecule has 0 radical (unpaired) electrons. The molecule has 1 atom stereocenters. The topological polar surface area (TPSA) is 102 Å². The van der Waals surface area contributed by atoms with E-state index in [1.165, 1.54) is 0 Å². The van der Waals surface area contributed by atoms with E-state index in [4.69, 9.17) is 16.3 Å². The van der Waals surface area contributed by atoms with Gasteiger partial charge in [0.25, 0.3) is 0 Å². The van der Waals surface area contributed by atoms with Gasteiger partial charge < -0.3 is 15.4 Å². The molecule has 1 unspecified atom stereocenters. The third-order valence-electron chi connectivity index (χ3n) is 6.83. The van der Waals surface area contributed by atoms with Gasteiger partial charge in [0, 0.05) is 44.1 Å². The van der Waals surface area contributed by atoms with Crippen molar-refractivity contribution in [1.29, 1.82) is 0 Å². The van der Waals surface area contributed by atoms with E-state index in [1.54, 1.807) is 4.90 Å². The summed E-state index contributed by atoms with van der Waals surface area (Å²) in [7, 11) is 0. The van der Waals surface area contributed by atoms with Gasteiger partial charge in [0.05, 0.1) is 0 Å². The zero-order valence-electron chi connectivity index (χ0n) is 19.1. The van der Waals surface area contributed by atoms with Crippen LogP contribution in [0, 0.1) is 11.3 Å². The average Bonchev–Trinajstić information content (AvgIpc) is 2.66. The summed E-state index contributed by atoms with van der Waals surface area (Å²) in [5, 5.41) is 1.91. The van der Waals surface area contributed by atoms with Gasteiger partial charge in [-0.2, -0.15) is 0 Å². The molecule has 1 heterocycles. The molecule has 4 N–H and O–H groups in total. The monoisotopic (exact) mass is 410 g/mol. The summed E-state index contributed by atoms with van der Waals surface area (Å²) in [6, 6.07) is 0.246. The fraction of sp³-hybridized carbons (Fsp3) is 0.909. The maximum Gasteiger partial charge on any atom is 0.410 e. The second-order valence-electron chi connectivity index (χ2n) is 10.3. The SMILES string of the molecule is CCC(=O)C1CCC(N(N)CC(N)C2(C)CCN(C(=O)OC(C)(C)C)CC2)CC1. The molecule has 0 aromatic carbocycles. The molecule has 0 aromatic rings. The number of hydrazine groups is 1. The smallest absolute Gasteiger partial charge is 0.410 e. The van der Waals surface area contributed by atoms with Crippen LogP contribution in [0.15, 0.2) is 0 Å². The Morgan fingerprint density at radius 2 is 1.72 bits per heavy atom. The lowest BCUT2D eigenvalue weighted by Gasteiger charge is -2.45. The molecule has 7 nitrogen and oxygen atoms in total. The van der Waals surface area contributed by atoms with E-state index in [0.717, 1.165) is 38.5 Å². The summed E-state index contributed by atoms with van der Waals surface area (Å²) in [6.07, 6.45) is 5.87. The number of carbonyl (C=O) groups excluding carboxylic acids is 2. The predicted molar refractivity (Wildman–Crippen MR) is 115 cm³/mol. The zero-order chi connectivity index (χ0) is 21.8.